The molecule has 0 heterocycles. The number of carboxylic acids is 1. The van der Waals surface area contributed by atoms with E-state index in [2.05, 4.69) is 10.6 Å². The Kier molecular flexibility index (Phi) is 7.42. The number of aliphatic carboxylic acids is 1. The summed E-state index contributed by atoms with van der Waals surface area (Å²) >= 11 is 0. The highest BCUT2D eigenvalue weighted by molar-refractivity contribution is 5.83. The van der Waals surface area contributed by atoms with Gasteiger partial charge >= 0.3 is 5.97 Å². The molecule has 33 heavy (non-hydrogen) atoms. The van der Waals surface area contributed by atoms with Crippen molar-refractivity contribution in [1.29, 1.82) is 0 Å². The highest BCUT2D eigenvalue weighted by Crippen LogP contribution is 2.50. The van der Waals surface area contributed by atoms with Gasteiger partial charge in [0.05, 0.1) is 39.5 Å². The van der Waals surface area contributed by atoms with E-state index in [1.54, 1.807) is 19.2 Å². The standard InChI is InChI=1S/C24H28N2O7/c1-13(27)26-17-7-5-14-11-20(31-2)23(32-3)24(33-4)22(14)15-6-8-18(19(28)12-16(15)17)25-10-9-21(29)30/h6,8,11-12,17H,5,7,9-10H2,1-4H3,(H,25,28)(H,26,27)(H,29,30)/t17-/m0/s1. The summed E-state index contributed by atoms with van der Waals surface area (Å²) in [4.78, 5) is 35.8. The number of aryl methyl sites for hydroxylation is 1. The number of benzene rings is 1. The largest absolute Gasteiger partial charge is 0.493 e. The molecule has 0 saturated heterocycles. The Morgan fingerprint density at radius 1 is 1.09 bits per heavy atom. The van der Waals surface area contributed by atoms with Crippen molar-refractivity contribution in [3.8, 4) is 28.4 Å². The second-order valence-electron chi connectivity index (χ2n) is 7.67. The SMILES string of the molecule is COc1cc2c(c(OC)c1OC)-c1ccc(NCCC(=O)O)c(=O)cc1[C@@H](NC(C)=O)CC2. The van der Waals surface area contributed by atoms with Gasteiger partial charge in [-0.3, -0.25) is 14.4 Å². The summed E-state index contributed by atoms with van der Waals surface area (Å²) in [5.41, 5.74) is 3.00. The second kappa shape index (κ2) is 10.2. The molecule has 0 unspecified atom stereocenters. The summed E-state index contributed by atoms with van der Waals surface area (Å²) in [6, 6.07) is 6.38. The zero-order valence-corrected chi connectivity index (χ0v) is 19.1. The Bertz CT molecular complexity index is 1130. The first kappa shape index (κ1) is 23.9. The molecular formula is C24H28N2O7. The summed E-state index contributed by atoms with van der Waals surface area (Å²) in [7, 11) is 4.61. The van der Waals surface area contributed by atoms with E-state index in [1.165, 1.54) is 27.2 Å². The van der Waals surface area contributed by atoms with Crippen LogP contribution in [0.3, 0.4) is 0 Å². The van der Waals surface area contributed by atoms with E-state index in [9.17, 15) is 14.4 Å². The lowest BCUT2D eigenvalue weighted by Gasteiger charge is -2.19. The van der Waals surface area contributed by atoms with Gasteiger partial charge in [-0.05, 0) is 47.7 Å². The molecule has 1 aliphatic carbocycles. The van der Waals surface area contributed by atoms with Gasteiger partial charge < -0.3 is 30.0 Å². The van der Waals surface area contributed by atoms with Crippen LogP contribution in [0.2, 0.25) is 0 Å². The fourth-order valence-corrected chi connectivity index (χ4v) is 4.16. The van der Waals surface area contributed by atoms with E-state index in [-0.39, 0.29) is 30.0 Å². The van der Waals surface area contributed by atoms with E-state index in [0.29, 0.717) is 41.2 Å². The molecule has 0 saturated carbocycles. The van der Waals surface area contributed by atoms with Crippen molar-refractivity contribution in [1.82, 2.24) is 5.32 Å². The number of ether oxygens (including phenoxy) is 3. The molecule has 9 heteroatoms. The predicted octanol–water partition coefficient (Wildman–Crippen LogP) is 2.75. The molecule has 2 aromatic carbocycles. The molecule has 1 aliphatic rings. The normalized spacial score (nSPS) is 14.2. The number of methoxy groups -OCH3 is 3. The first-order chi connectivity index (χ1) is 15.8. The summed E-state index contributed by atoms with van der Waals surface area (Å²) in [5.74, 6) is 0.245. The minimum atomic E-state index is -0.962. The summed E-state index contributed by atoms with van der Waals surface area (Å²) < 4.78 is 16.8. The van der Waals surface area contributed by atoms with Crippen LogP contribution in [-0.4, -0.2) is 44.9 Å². The summed E-state index contributed by atoms with van der Waals surface area (Å²) in [6.45, 7) is 1.55. The number of fused-ring (bicyclic) bond motifs is 3. The lowest BCUT2D eigenvalue weighted by molar-refractivity contribution is -0.136. The van der Waals surface area contributed by atoms with Gasteiger partial charge in [0.25, 0.3) is 0 Å². The van der Waals surface area contributed by atoms with Crippen molar-refractivity contribution in [2.24, 2.45) is 0 Å². The number of amides is 1. The van der Waals surface area contributed by atoms with Gasteiger partial charge in [0.15, 0.2) is 11.5 Å². The molecule has 0 radical (unpaired) electrons. The lowest BCUT2D eigenvalue weighted by Crippen LogP contribution is -2.26. The third-order valence-corrected chi connectivity index (χ3v) is 5.57. The Morgan fingerprint density at radius 2 is 1.82 bits per heavy atom. The summed E-state index contributed by atoms with van der Waals surface area (Å²) in [5, 5.41) is 14.7. The topological polar surface area (TPSA) is 123 Å². The fourth-order valence-electron chi connectivity index (χ4n) is 4.16. The molecule has 1 atom stereocenters. The number of hydrogen-bond acceptors (Lipinski definition) is 7. The number of rotatable bonds is 8. The van der Waals surface area contributed by atoms with Crippen molar-refractivity contribution in [2.75, 3.05) is 33.2 Å². The molecule has 0 spiro atoms. The van der Waals surface area contributed by atoms with Crippen LogP contribution in [0.15, 0.2) is 29.1 Å². The molecule has 3 N–H and O–H groups in total. The minimum Gasteiger partial charge on any atom is -0.493 e. The molecule has 176 valence electrons. The molecule has 0 aliphatic heterocycles. The van der Waals surface area contributed by atoms with Crippen LogP contribution in [-0.2, 0) is 16.0 Å². The minimum absolute atomic E-state index is 0.110. The lowest BCUT2D eigenvalue weighted by atomic mass is 9.95. The van der Waals surface area contributed by atoms with Gasteiger partial charge in [-0.2, -0.15) is 0 Å². The van der Waals surface area contributed by atoms with Crippen molar-refractivity contribution in [3.63, 3.8) is 0 Å². The third-order valence-electron chi connectivity index (χ3n) is 5.57. The van der Waals surface area contributed by atoms with Crippen LogP contribution in [0.5, 0.6) is 17.2 Å². The highest BCUT2D eigenvalue weighted by atomic mass is 16.5. The first-order valence-corrected chi connectivity index (χ1v) is 10.5. The first-order valence-electron chi connectivity index (χ1n) is 10.5. The Labute approximate surface area is 191 Å². The molecule has 0 fully saturated rings. The van der Waals surface area contributed by atoms with Crippen LogP contribution in [0, 0.1) is 0 Å². The fraction of sp³-hybridized carbons (Fsp3) is 0.375. The number of carboxylic acid groups (broad SMARTS) is 1. The van der Waals surface area contributed by atoms with Gasteiger partial charge in [0.2, 0.25) is 17.1 Å². The van der Waals surface area contributed by atoms with E-state index >= 15 is 0 Å². The maximum Gasteiger partial charge on any atom is 0.305 e. The molecule has 0 bridgehead atoms. The Morgan fingerprint density at radius 3 is 2.42 bits per heavy atom. The van der Waals surface area contributed by atoms with Gasteiger partial charge in [0.1, 0.15) is 0 Å². The zero-order chi connectivity index (χ0) is 24.1. The van der Waals surface area contributed by atoms with Crippen LogP contribution in [0.4, 0.5) is 5.69 Å². The van der Waals surface area contributed by atoms with Gasteiger partial charge in [-0.25, -0.2) is 0 Å². The van der Waals surface area contributed by atoms with Crippen molar-refractivity contribution < 1.29 is 28.9 Å². The monoisotopic (exact) mass is 456 g/mol. The third kappa shape index (κ3) is 5.02. The molecule has 0 aromatic heterocycles. The van der Waals surface area contributed by atoms with Crippen LogP contribution < -0.4 is 30.3 Å². The van der Waals surface area contributed by atoms with Crippen molar-refractivity contribution >= 4 is 17.6 Å². The van der Waals surface area contributed by atoms with Crippen LogP contribution in [0.1, 0.15) is 36.9 Å². The van der Waals surface area contributed by atoms with Gasteiger partial charge in [-0.15, -0.1) is 0 Å². The van der Waals surface area contributed by atoms with E-state index < -0.39 is 12.0 Å². The van der Waals surface area contributed by atoms with Gasteiger partial charge in [0, 0.05) is 19.0 Å². The molecule has 1 amide bonds. The van der Waals surface area contributed by atoms with E-state index in [1.807, 2.05) is 6.07 Å². The van der Waals surface area contributed by atoms with Gasteiger partial charge in [-0.1, -0.05) is 6.07 Å². The maximum absolute atomic E-state index is 13.0. The summed E-state index contributed by atoms with van der Waals surface area (Å²) in [6.07, 6.45) is 1.04. The second-order valence-corrected chi connectivity index (χ2v) is 7.67. The Balaban J connectivity index is 2.28. The highest BCUT2D eigenvalue weighted by Gasteiger charge is 2.29. The smallest absolute Gasteiger partial charge is 0.305 e. The molecule has 2 aromatic rings. The van der Waals surface area contributed by atoms with Crippen molar-refractivity contribution in [3.05, 3.63) is 45.6 Å². The molecule has 9 nitrogen and oxygen atoms in total. The quantitative estimate of drug-likeness (QED) is 0.554. The number of hydrogen-bond donors (Lipinski definition) is 3. The maximum atomic E-state index is 13.0. The average Bonchev–Trinajstić information content (AvgIpc) is 3.01. The number of nitrogens with one attached hydrogen (secondary N) is 2. The Hall–Kier alpha value is -3.75. The van der Waals surface area contributed by atoms with Crippen molar-refractivity contribution in [2.45, 2.75) is 32.2 Å². The zero-order valence-electron chi connectivity index (χ0n) is 19.1. The van der Waals surface area contributed by atoms with Crippen LogP contribution in [0.25, 0.3) is 11.1 Å². The van der Waals surface area contributed by atoms with Crippen LogP contribution >= 0.6 is 0 Å². The number of carbonyl (C=O) groups is 2. The molecule has 3 rings (SSSR count). The number of carbonyl (C=O) groups excluding carboxylic acids is 1. The van der Waals surface area contributed by atoms with E-state index in [4.69, 9.17) is 19.3 Å². The average molecular weight is 456 g/mol. The molecular weight excluding hydrogens is 428 g/mol. The predicted molar refractivity (Wildman–Crippen MR) is 123 cm³/mol. The number of anilines is 1. The van der Waals surface area contributed by atoms with E-state index in [0.717, 1.165) is 11.1 Å².